The van der Waals surface area contributed by atoms with Crippen LogP contribution in [0.2, 0.25) is 0 Å². The molecule has 1 aromatic carbocycles. The number of nitrogens with zero attached hydrogens (tertiary/aromatic N) is 1. The fourth-order valence-corrected chi connectivity index (χ4v) is 1.39. The van der Waals surface area contributed by atoms with Crippen molar-refractivity contribution in [1.82, 2.24) is 5.32 Å². The van der Waals surface area contributed by atoms with Crippen molar-refractivity contribution in [3.63, 3.8) is 0 Å². The van der Waals surface area contributed by atoms with E-state index in [1.54, 1.807) is 12.1 Å². The van der Waals surface area contributed by atoms with Gasteiger partial charge in [-0.2, -0.15) is 5.26 Å². The topological polar surface area (TPSA) is 62.1 Å². The molecule has 5 heteroatoms. The number of nitrogens with one attached hydrogen (secondary N) is 1. The fraction of sp³-hybridized carbons (Fsp3) is 0.385. The van der Waals surface area contributed by atoms with E-state index in [9.17, 15) is 9.18 Å². The number of amides is 1. The van der Waals surface area contributed by atoms with Gasteiger partial charge in [-0.05, 0) is 31.5 Å². The zero-order valence-corrected chi connectivity index (χ0v) is 10.4. The fourth-order valence-electron chi connectivity index (χ4n) is 1.39. The van der Waals surface area contributed by atoms with E-state index in [0.29, 0.717) is 5.56 Å². The van der Waals surface area contributed by atoms with E-state index >= 15 is 0 Å². The minimum Gasteiger partial charge on any atom is -0.488 e. The van der Waals surface area contributed by atoms with Crippen LogP contribution in [-0.4, -0.2) is 18.6 Å². The Kier molecular flexibility index (Phi) is 5.12. The van der Waals surface area contributed by atoms with Crippen molar-refractivity contribution in [3.8, 4) is 11.8 Å². The van der Waals surface area contributed by atoms with Crippen molar-refractivity contribution in [3.05, 3.63) is 29.6 Å². The molecule has 0 radical (unpaired) electrons. The van der Waals surface area contributed by atoms with Crippen molar-refractivity contribution in [2.24, 2.45) is 0 Å². The first-order valence-electron chi connectivity index (χ1n) is 5.61. The zero-order valence-electron chi connectivity index (χ0n) is 10.4. The molecule has 0 aromatic heterocycles. The molecular formula is C13H15FN2O2. The van der Waals surface area contributed by atoms with Crippen LogP contribution in [0.25, 0.3) is 0 Å². The number of benzene rings is 1. The van der Waals surface area contributed by atoms with Gasteiger partial charge >= 0.3 is 0 Å². The molecule has 1 N–H and O–H groups in total. The molecule has 1 amide bonds. The van der Waals surface area contributed by atoms with E-state index in [1.807, 2.05) is 13.8 Å². The van der Waals surface area contributed by atoms with E-state index in [2.05, 4.69) is 5.32 Å². The van der Waals surface area contributed by atoms with E-state index in [4.69, 9.17) is 10.00 Å². The summed E-state index contributed by atoms with van der Waals surface area (Å²) in [7, 11) is 0. The molecule has 1 rings (SSSR count). The van der Waals surface area contributed by atoms with Gasteiger partial charge in [-0.3, -0.25) is 4.79 Å². The van der Waals surface area contributed by atoms with Crippen LogP contribution in [0.5, 0.6) is 5.75 Å². The number of nitriles is 1. The van der Waals surface area contributed by atoms with Gasteiger partial charge in [0.2, 0.25) is 5.91 Å². The molecule has 0 fully saturated rings. The number of ether oxygens (including phenoxy) is 1. The summed E-state index contributed by atoms with van der Waals surface area (Å²) in [5.41, 5.74) is 0.541. The summed E-state index contributed by atoms with van der Waals surface area (Å²) in [6.07, 6.45) is -0.0649. The van der Waals surface area contributed by atoms with Crippen molar-refractivity contribution in [2.75, 3.05) is 6.54 Å². The number of carbonyl (C=O) groups excluding carboxylic acids is 1. The van der Waals surface area contributed by atoms with E-state index in [-0.39, 0.29) is 30.7 Å². The predicted octanol–water partition coefficient (Wildman–Crippen LogP) is 1.80. The van der Waals surface area contributed by atoms with Crippen LogP contribution in [-0.2, 0) is 11.2 Å². The Bertz CT molecular complexity index is 467. The molecule has 0 aliphatic carbocycles. The average molecular weight is 250 g/mol. The molecule has 0 saturated heterocycles. The lowest BCUT2D eigenvalue weighted by atomic mass is 10.1. The summed E-state index contributed by atoms with van der Waals surface area (Å²) >= 11 is 0. The van der Waals surface area contributed by atoms with Crippen LogP contribution >= 0.6 is 0 Å². The molecule has 96 valence electrons. The molecular weight excluding hydrogens is 235 g/mol. The summed E-state index contributed by atoms with van der Waals surface area (Å²) in [5.74, 6) is -0.631. The molecule has 0 saturated carbocycles. The van der Waals surface area contributed by atoms with Gasteiger partial charge in [0.25, 0.3) is 0 Å². The first kappa shape index (κ1) is 14.0. The molecule has 0 atom stereocenters. The van der Waals surface area contributed by atoms with Gasteiger partial charge in [-0.25, -0.2) is 4.39 Å². The SMILES string of the molecule is CC(C)Oc1ccc(CC(=O)NCC#N)cc1F. The van der Waals surface area contributed by atoms with Crippen molar-refractivity contribution < 1.29 is 13.9 Å². The Morgan fingerprint density at radius 3 is 2.83 bits per heavy atom. The van der Waals surface area contributed by atoms with Crippen molar-refractivity contribution in [1.29, 1.82) is 5.26 Å². The smallest absolute Gasteiger partial charge is 0.225 e. The largest absolute Gasteiger partial charge is 0.488 e. The third kappa shape index (κ3) is 4.42. The summed E-state index contributed by atoms with van der Waals surface area (Å²) in [6, 6.07) is 6.20. The van der Waals surface area contributed by atoms with Crippen LogP contribution in [0.3, 0.4) is 0 Å². The maximum atomic E-state index is 13.6. The van der Waals surface area contributed by atoms with Gasteiger partial charge in [0, 0.05) is 0 Å². The zero-order chi connectivity index (χ0) is 13.5. The molecule has 0 aliphatic heterocycles. The van der Waals surface area contributed by atoms with Gasteiger partial charge < -0.3 is 10.1 Å². The molecule has 0 unspecified atom stereocenters. The number of carbonyl (C=O) groups is 1. The summed E-state index contributed by atoms with van der Waals surface area (Å²) in [6.45, 7) is 3.57. The van der Waals surface area contributed by atoms with E-state index in [1.165, 1.54) is 12.1 Å². The van der Waals surface area contributed by atoms with E-state index in [0.717, 1.165) is 0 Å². The van der Waals surface area contributed by atoms with Gasteiger partial charge in [0.15, 0.2) is 11.6 Å². The summed E-state index contributed by atoms with van der Waals surface area (Å²) < 4.78 is 18.9. The Balaban J connectivity index is 2.67. The minimum absolute atomic E-state index is 0.0422. The Morgan fingerprint density at radius 2 is 2.28 bits per heavy atom. The first-order valence-corrected chi connectivity index (χ1v) is 5.61. The molecule has 1 aromatic rings. The van der Waals surface area contributed by atoms with Gasteiger partial charge in [-0.1, -0.05) is 6.07 Å². The second-order valence-electron chi connectivity index (χ2n) is 4.04. The van der Waals surface area contributed by atoms with Crippen molar-refractivity contribution >= 4 is 5.91 Å². The Morgan fingerprint density at radius 1 is 1.56 bits per heavy atom. The monoisotopic (exact) mass is 250 g/mol. The maximum Gasteiger partial charge on any atom is 0.225 e. The minimum atomic E-state index is -0.491. The Labute approximate surface area is 105 Å². The first-order chi connectivity index (χ1) is 8.52. The van der Waals surface area contributed by atoms with Gasteiger partial charge in [0.05, 0.1) is 18.6 Å². The second kappa shape index (κ2) is 6.60. The molecule has 0 aliphatic rings. The quantitative estimate of drug-likeness (QED) is 0.810. The standard InChI is InChI=1S/C13H15FN2O2/c1-9(2)18-12-4-3-10(7-11(12)14)8-13(17)16-6-5-15/h3-4,7,9H,6,8H2,1-2H3,(H,16,17). The maximum absolute atomic E-state index is 13.6. The normalized spacial score (nSPS) is 9.94. The number of hydrogen-bond acceptors (Lipinski definition) is 3. The molecule has 18 heavy (non-hydrogen) atoms. The highest BCUT2D eigenvalue weighted by Gasteiger charge is 2.09. The summed E-state index contributed by atoms with van der Waals surface area (Å²) in [4.78, 5) is 11.3. The highest BCUT2D eigenvalue weighted by Crippen LogP contribution is 2.19. The Hall–Kier alpha value is -2.09. The van der Waals surface area contributed by atoms with Crippen LogP contribution < -0.4 is 10.1 Å². The van der Waals surface area contributed by atoms with Crippen LogP contribution in [0, 0.1) is 17.1 Å². The lowest BCUT2D eigenvalue weighted by Crippen LogP contribution is -2.25. The highest BCUT2D eigenvalue weighted by molar-refractivity contribution is 5.78. The van der Waals surface area contributed by atoms with Crippen molar-refractivity contribution in [2.45, 2.75) is 26.4 Å². The second-order valence-corrected chi connectivity index (χ2v) is 4.04. The summed E-state index contributed by atoms with van der Waals surface area (Å²) in [5, 5.41) is 10.7. The average Bonchev–Trinajstić information content (AvgIpc) is 2.29. The molecule has 0 bridgehead atoms. The highest BCUT2D eigenvalue weighted by atomic mass is 19.1. The molecule has 0 spiro atoms. The molecule has 0 heterocycles. The third-order valence-corrected chi connectivity index (χ3v) is 2.09. The van der Waals surface area contributed by atoms with Gasteiger partial charge in [0.1, 0.15) is 6.54 Å². The lowest BCUT2D eigenvalue weighted by Gasteiger charge is -2.11. The lowest BCUT2D eigenvalue weighted by molar-refractivity contribution is -0.120. The number of halogens is 1. The predicted molar refractivity (Wildman–Crippen MR) is 64.5 cm³/mol. The van der Waals surface area contributed by atoms with E-state index < -0.39 is 5.82 Å². The van der Waals surface area contributed by atoms with Crippen LogP contribution in [0.15, 0.2) is 18.2 Å². The van der Waals surface area contributed by atoms with Crippen LogP contribution in [0.4, 0.5) is 4.39 Å². The number of hydrogen-bond donors (Lipinski definition) is 1. The van der Waals surface area contributed by atoms with Crippen LogP contribution in [0.1, 0.15) is 19.4 Å². The third-order valence-electron chi connectivity index (χ3n) is 2.09. The number of rotatable bonds is 5. The molecule has 4 nitrogen and oxygen atoms in total. The van der Waals surface area contributed by atoms with Gasteiger partial charge in [-0.15, -0.1) is 0 Å².